The Morgan fingerprint density at radius 1 is 1.00 bits per heavy atom. The number of rotatable bonds is 7. The third-order valence-electron chi connectivity index (χ3n) is 2.01. The van der Waals surface area contributed by atoms with Gasteiger partial charge in [-0.15, -0.1) is 0 Å². The van der Waals surface area contributed by atoms with E-state index in [-0.39, 0.29) is 0 Å². The van der Waals surface area contributed by atoms with Crippen molar-refractivity contribution in [2.75, 3.05) is 6.61 Å². The maximum Gasteiger partial charge on any atom is 0.0569 e. The van der Waals surface area contributed by atoms with Gasteiger partial charge in [-0.05, 0) is 19.3 Å². The zero-order valence-electron chi connectivity index (χ0n) is 8.23. The third-order valence-corrected chi connectivity index (χ3v) is 2.01. The maximum atomic E-state index is 5.64. The Morgan fingerprint density at radius 3 is 2.09 bits per heavy atom. The van der Waals surface area contributed by atoms with E-state index in [0.29, 0.717) is 6.10 Å². The lowest BCUT2D eigenvalue weighted by Gasteiger charge is -2.12. The molecule has 0 bridgehead atoms. The van der Waals surface area contributed by atoms with E-state index in [1.54, 1.807) is 0 Å². The molecule has 0 aliphatic rings. The van der Waals surface area contributed by atoms with E-state index in [1.165, 1.54) is 19.3 Å². The van der Waals surface area contributed by atoms with Crippen molar-refractivity contribution in [2.24, 2.45) is 0 Å². The lowest BCUT2D eigenvalue weighted by molar-refractivity contribution is 0.0459. The summed E-state index contributed by atoms with van der Waals surface area (Å²) in [6.07, 6.45) is 6.64. The molecule has 0 atom stereocenters. The second-order valence-electron chi connectivity index (χ2n) is 3.02. The first-order valence-corrected chi connectivity index (χ1v) is 4.96. The second kappa shape index (κ2) is 8.06. The Morgan fingerprint density at radius 2 is 1.64 bits per heavy atom. The van der Waals surface area contributed by atoms with Gasteiger partial charge in [0.1, 0.15) is 0 Å². The monoisotopic (exact) mass is 158 g/mol. The molecule has 0 aromatic carbocycles. The highest BCUT2D eigenvalue weighted by Crippen LogP contribution is 2.04. The van der Waals surface area contributed by atoms with Crippen LogP contribution in [-0.4, -0.2) is 12.7 Å². The molecule has 0 aliphatic heterocycles. The smallest absolute Gasteiger partial charge is 0.0569 e. The van der Waals surface area contributed by atoms with Gasteiger partial charge in [0.25, 0.3) is 0 Å². The maximum absolute atomic E-state index is 5.64. The Balaban J connectivity index is 3.07. The average Bonchev–Trinajstić information content (AvgIpc) is 2.05. The predicted octanol–water partition coefficient (Wildman–Crippen LogP) is 3.38. The number of ether oxygens (including phenoxy) is 1. The van der Waals surface area contributed by atoms with Gasteiger partial charge >= 0.3 is 0 Å². The molecule has 0 aromatic rings. The van der Waals surface area contributed by atoms with Crippen molar-refractivity contribution in [3.8, 4) is 0 Å². The van der Waals surface area contributed by atoms with Crippen molar-refractivity contribution in [1.29, 1.82) is 0 Å². The van der Waals surface area contributed by atoms with E-state index >= 15 is 0 Å². The molecule has 0 aliphatic carbocycles. The number of hydrogen-bond donors (Lipinski definition) is 0. The Hall–Kier alpha value is -0.0400. The van der Waals surface area contributed by atoms with Crippen LogP contribution in [0.1, 0.15) is 52.9 Å². The standard InChI is InChI=1S/C10H22O/c1-4-7-8-9-11-10(5-2)6-3/h10H,4-9H2,1-3H3. The Kier molecular flexibility index (Phi) is 8.03. The van der Waals surface area contributed by atoms with E-state index < -0.39 is 0 Å². The minimum Gasteiger partial charge on any atom is -0.378 e. The van der Waals surface area contributed by atoms with Gasteiger partial charge in [0.15, 0.2) is 0 Å². The van der Waals surface area contributed by atoms with Crippen LogP contribution in [0.3, 0.4) is 0 Å². The van der Waals surface area contributed by atoms with Gasteiger partial charge in [0, 0.05) is 6.61 Å². The molecule has 0 aromatic heterocycles. The lowest BCUT2D eigenvalue weighted by Crippen LogP contribution is -2.10. The normalized spacial score (nSPS) is 10.9. The fourth-order valence-electron chi connectivity index (χ4n) is 1.13. The van der Waals surface area contributed by atoms with Crippen LogP contribution in [-0.2, 0) is 4.74 Å². The zero-order chi connectivity index (χ0) is 8.53. The lowest BCUT2D eigenvalue weighted by atomic mass is 10.2. The molecule has 0 spiro atoms. The van der Waals surface area contributed by atoms with E-state index in [1.807, 2.05) is 0 Å². The molecule has 68 valence electrons. The summed E-state index contributed by atoms with van der Waals surface area (Å²) < 4.78 is 5.64. The molecule has 0 heterocycles. The molecule has 0 unspecified atom stereocenters. The zero-order valence-corrected chi connectivity index (χ0v) is 8.23. The summed E-state index contributed by atoms with van der Waals surface area (Å²) in [6.45, 7) is 7.55. The van der Waals surface area contributed by atoms with E-state index in [0.717, 1.165) is 19.4 Å². The van der Waals surface area contributed by atoms with Crippen LogP contribution < -0.4 is 0 Å². The molecule has 0 amide bonds. The summed E-state index contributed by atoms with van der Waals surface area (Å²) in [5.41, 5.74) is 0. The largest absolute Gasteiger partial charge is 0.378 e. The minimum absolute atomic E-state index is 0.506. The van der Waals surface area contributed by atoms with Gasteiger partial charge in [0.05, 0.1) is 6.10 Å². The van der Waals surface area contributed by atoms with Crippen LogP contribution in [0.2, 0.25) is 0 Å². The summed E-state index contributed by atoms with van der Waals surface area (Å²) in [5, 5.41) is 0. The van der Waals surface area contributed by atoms with Gasteiger partial charge in [-0.2, -0.15) is 0 Å². The molecule has 0 saturated carbocycles. The Bertz CT molecular complexity index is 67.3. The molecule has 0 N–H and O–H groups in total. The Labute approximate surface area is 71.1 Å². The highest BCUT2D eigenvalue weighted by Gasteiger charge is 2.01. The molecule has 1 heteroatoms. The van der Waals surface area contributed by atoms with Crippen LogP contribution in [0.15, 0.2) is 0 Å². The van der Waals surface area contributed by atoms with E-state index in [2.05, 4.69) is 20.8 Å². The highest BCUT2D eigenvalue weighted by molar-refractivity contribution is 4.50. The summed E-state index contributed by atoms with van der Waals surface area (Å²) in [7, 11) is 0. The highest BCUT2D eigenvalue weighted by atomic mass is 16.5. The van der Waals surface area contributed by atoms with Crippen molar-refractivity contribution < 1.29 is 4.74 Å². The van der Waals surface area contributed by atoms with Crippen molar-refractivity contribution in [2.45, 2.75) is 59.0 Å². The predicted molar refractivity (Wildman–Crippen MR) is 49.8 cm³/mol. The quantitative estimate of drug-likeness (QED) is 0.516. The van der Waals surface area contributed by atoms with Crippen LogP contribution >= 0.6 is 0 Å². The molecule has 0 saturated heterocycles. The molecule has 11 heavy (non-hydrogen) atoms. The van der Waals surface area contributed by atoms with E-state index in [4.69, 9.17) is 4.74 Å². The fraction of sp³-hybridized carbons (Fsp3) is 1.00. The summed E-state index contributed by atoms with van der Waals surface area (Å²) >= 11 is 0. The molecule has 0 rings (SSSR count). The van der Waals surface area contributed by atoms with Crippen molar-refractivity contribution in [3.63, 3.8) is 0 Å². The molecular weight excluding hydrogens is 136 g/mol. The topological polar surface area (TPSA) is 9.23 Å². The number of unbranched alkanes of at least 4 members (excludes halogenated alkanes) is 2. The molecule has 0 radical (unpaired) electrons. The van der Waals surface area contributed by atoms with Crippen molar-refractivity contribution in [1.82, 2.24) is 0 Å². The van der Waals surface area contributed by atoms with Crippen LogP contribution in [0, 0.1) is 0 Å². The van der Waals surface area contributed by atoms with Crippen LogP contribution in [0.4, 0.5) is 0 Å². The first-order valence-electron chi connectivity index (χ1n) is 4.96. The van der Waals surface area contributed by atoms with Gasteiger partial charge in [0.2, 0.25) is 0 Å². The van der Waals surface area contributed by atoms with Gasteiger partial charge in [-0.1, -0.05) is 33.6 Å². The SMILES string of the molecule is CCCCCOC(CC)CC. The van der Waals surface area contributed by atoms with Crippen molar-refractivity contribution >= 4 is 0 Å². The summed E-state index contributed by atoms with van der Waals surface area (Å²) in [4.78, 5) is 0. The minimum atomic E-state index is 0.506. The summed E-state index contributed by atoms with van der Waals surface area (Å²) in [5.74, 6) is 0. The van der Waals surface area contributed by atoms with Gasteiger partial charge < -0.3 is 4.74 Å². The number of hydrogen-bond acceptors (Lipinski definition) is 1. The first kappa shape index (κ1) is 11.0. The first-order chi connectivity index (χ1) is 5.35. The average molecular weight is 158 g/mol. The van der Waals surface area contributed by atoms with Crippen molar-refractivity contribution in [3.05, 3.63) is 0 Å². The second-order valence-corrected chi connectivity index (χ2v) is 3.02. The van der Waals surface area contributed by atoms with Gasteiger partial charge in [-0.3, -0.25) is 0 Å². The summed E-state index contributed by atoms with van der Waals surface area (Å²) in [6, 6.07) is 0. The fourth-order valence-corrected chi connectivity index (χ4v) is 1.13. The van der Waals surface area contributed by atoms with Crippen LogP contribution in [0.5, 0.6) is 0 Å². The van der Waals surface area contributed by atoms with Gasteiger partial charge in [-0.25, -0.2) is 0 Å². The van der Waals surface area contributed by atoms with E-state index in [9.17, 15) is 0 Å². The molecular formula is C10H22O. The molecule has 1 nitrogen and oxygen atoms in total. The van der Waals surface area contributed by atoms with Crippen LogP contribution in [0.25, 0.3) is 0 Å². The third kappa shape index (κ3) is 6.36. The molecule has 0 fully saturated rings.